The van der Waals surface area contributed by atoms with Gasteiger partial charge in [0, 0.05) is 32.6 Å². The highest BCUT2D eigenvalue weighted by Crippen LogP contribution is 2.32. The van der Waals surface area contributed by atoms with Crippen molar-refractivity contribution in [1.29, 1.82) is 0 Å². The molecule has 3 rings (SSSR count). The summed E-state index contributed by atoms with van der Waals surface area (Å²) < 4.78 is 78.5. The summed E-state index contributed by atoms with van der Waals surface area (Å²) in [5.74, 6) is -0.911. The highest BCUT2D eigenvalue weighted by molar-refractivity contribution is 7.89. The zero-order valence-corrected chi connectivity index (χ0v) is 17.6. The lowest BCUT2D eigenvalue weighted by Gasteiger charge is -2.32. The zero-order chi connectivity index (χ0) is 22.8. The number of carbonyl (C=O) groups is 1. The summed E-state index contributed by atoms with van der Waals surface area (Å²) in [5.41, 5.74) is -0.261. The highest BCUT2D eigenvalue weighted by Gasteiger charge is 2.35. The van der Waals surface area contributed by atoms with Crippen LogP contribution in [-0.2, 0) is 27.5 Å². The van der Waals surface area contributed by atoms with Crippen molar-refractivity contribution in [2.45, 2.75) is 30.5 Å². The van der Waals surface area contributed by atoms with Crippen molar-refractivity contribution in [3.63, 3.8) is 0 Å². The minimum absolute atomic E-state index is 0.0410. The molecule has 0 unspecified atom stereocenters. The van der Waals surface area contributed by atoms with E-state index in [1.165, 1.54) is 17.0 Å². The lowest BCUT2D eigenvalue weighted by atomic mass is 9.96. The Hall–Kier alpha value is -2.46. The van der Waals surface area contributed by atoms with E-state index < -0.39 is 32.6 Å². The summed E-state index contributed by atoms with van der Waals surface area (Å²) in [6, 6.07) is 9.45. The first-order valence-electron chi connectivity index (χ1n) is 9.65. The molecule has 0 spiro atoms. The van der Waals surface area contributed by atoms with E-state index in [0.29, 0.717) is 12.6 Å². The third-order valence-corrected chi connectivity index (χ3v) is 7.21. The van der Waals surface area contributed by atoms with Gasteiger partial charge in [-0.2, -0.15) is 17.5 Å². The maximum Gasteiger partial charge on any atom is 0.416 e. The zero-order valence-electron chi connectivity index (χ0n) is 16.8. The van der Waals surface area contributed by atoms with Gasteiger partial charge in [0.15, 0.2) is 0 Å². The van der Waals surface area contributed by atoms with Gasteiger partial charge in [-0.05, 0) is 48.7 Å². The number of benzene rings is 2. The van der Waals surface area contributed by atoms with E-state index in [1.807, 2.05) is 0 Å². The van der Waals surface area contributed by atoms with Gasteiger partial charge in [0.2, 0.25) is 15.9 Å². The molecule has 1 aliphatic rings. The van der Waals surface area contributed by atoms with E-state index in [4.69, 9.17) is 0 Å². The smallest absolute Gasteiger partial charge is 0.341 e. The maximum atomic E-state index is 13.0. The third kappa shape index (κ3) is 5.43. The molecule has 0 saturated carbocycles. The second kappa shape index (κ2) is 8.96. The van der Waals surface area contributed by atoms with Crippen LogP contribution in [0.15, 0.2) is 53.4 Å². The molecule has 0 atom stereocenters. The molecule has 31 heavy (non-hydrogen) atoms. The van der Waals surface area contributed by atoms with Gasteiger partial charge in [0.25, 0.3) is 0 Å². The van der Waals surface area contributed by atoms with Crippen molar-refractivity contribution in [2.24, 2.45) is 5.92 Å². The largest absolute Gasteiger partial charge is 0.416 e. The average molecular weight is 458 g/mol. The predicted molar refractivity (Wildman–Crippen MR) is 106 cm³/mol. The highest BCUT2D eigenvalue weighted by atomic mass is 32.2. The molecule has 1 amide bonds. The Balaban J connectivity index is 1.63. The van der Waals surface area contributed by atoms with Gasteiger partial charge in [-0.15, -0.1) is 0 Å². The van der Waals surface area contributed by atoms with E-state index in [1.54, 1.807) is 19.2 Å². The molecule has 0 bridgehead atoms. The third-order valence-electron chi connectivity index (χ3n) is 5.31. The number of rotatable bonds is 5. The number of piperidine rings is 1. The minimum Gasteiger partial charge on any atom is -0.341 e. The molecule has 2 aromatic carbocycles. The number of amides is 1. The predicted octanol–water partition coefficient (Wildman–Crippen LogP) is 3.90. The molecule has 5 nitrogen and oxygen atoms in total. The van der Waals surface area contributed by atoms with Crippen molar-refractivity contribution < 1.29 is 30.8 Å². The Kier molecular flexibility index (Phi) is 6.70. The number of nitrogens with zero attached hydrogens (tertiary/aromatic N) is 2. The molecule has 0 radical (unpaired) electrons. The first-order valence-corrected chi connectivity index (χ1v) is 11.1. The van der Waals surface area contributed by atoms with Crippen molar-refractivity contribution in [3.05, 3.63) is 65.5 Å². The summed E-state index contributed by atoms with van der Waals surface area (Å²) in [7, 11) is -2.47. The molecule has 168 valence electrons. The van der Waals surface area contributed by atoms with E-state index >= 15 is 0 Å². The fraction of sp³-hybridized carbons (Fsp3) is 0.381. The Bertz CT molecular complexity index is 1030. The normalized spacial score (nSPS) is 16.3. The summed E-state index contributed by atoms with van der Waals surface area (Å²) >= 11 is 0. The molecular formula is C21H22F4N2O3S. The van der Waals surface area contributed by atoms with Crippen LogP contribution in [0.25, 0.3) is 0 Å². The molecule has 0 aromatic heterocycles. The van der Waals surface area contributed by atoms with Crippen molar-refractivity contribution >= 4 is 15.9 Å². The fourth-order valence-corrected chi connectivity index (χ4v) is 5.09. The second-order valence-electron chi connectivity index (χ2n) is 7.52. The van der Waals surface area contributed by atoms with Gasteiger partial charge >= 0.3 is 6.18 Å². The van der Waals surface area contributed by atoms with Crippen LogP contribution in [0.1, 0.15) is 24.0 Å². The van der Waals surface area contributed by atoms with Gasteiger partial charge in [-0.25, -0.2) is 12.8 Å². The van der Waals surface area contributed by atoms with Crippen LogP contribution in [0, 0.1) is 11.7 Å². The molecular weight excluding hydrogens is 436 g/mol. The Morgan fingerprint density at radius 2 is 1.71 bits per heavy atom. The van der Waals surface area contributed by atoms with E-state index in [0.717, 1.165) is 28.1 Å². The van der Waals surface area contributed by atoms with Crippen LogP contribution in [0.5, 0.6) is 0 Å². The van der Waals surface area contributed by atoms with Crippen molar-refractivity contribution in [3.8, 4) is 0 Å². The molecule has 2 aromatic rings. The van der Waals surface area contributed by atoms with Crippen LogP contribution >= 0.6 is 0 Å². The van der Waals surface area contributed by atoms with Crippen LogP contribution in [0.3, 0.4) is 0 Å². The van der Waals surface area contributed by atoms with Gasteiger partial charge in [0.1, 0.15) is 5.82 Å². The van der Waals surface area contributed by atoms with Gasteiger partial charge < -0.3 is 4.90 Å². The summed E-state index contributed by atoms with van der Waals surface area (Å²) in [6.07, 6.45) is -4.10. The van der Waals surface area contributed by atoms with Gasteiger partial charge in [0.05, 0.1) is 10.5 Å². The molecule has 1 aliphatic heterocycles. The number of hydrogen-bond acceptors (Lipinski definition) is 3. The van der Waals surface area contributed by atoms with E-state index in [9.17, 15) is 30.8 Å². The number of hydrogen-bond donors (Lipinski definition) is 0. The Morgan fingerprint density at radius 1 is 1.10 bits per heavy atom. The number of carbonyl (C=O) groups excluding carboxylic acids is 1. The first-order chi connectivity index (χ1) is 14.5. The summed E-state index contributed by atoms with van der Waals surface area (Å²) in [5, 5.41) is 0. The number of halogens is 4. The molecule has 0 aliphatic carbocycles. The first kappa shape index (κ1) is 23.2. The lowest BCUT2D eigenvalue weighted by molar-refractivity contribution is -0.138. The summed E-state index contributed by atoms with van der Waals surface area (Å²) in [4.78, 5) is 13.8. The second-order valence-corrected chi connectivity index (χ2v) is 9.46. The molecule has 0 N–H and O–H groups in total. The number of alkyl halides is 3. The van der Waals surface area contributed by atoms with Crippen LogP contribution in [-0.4, -0.2) is 43.7 Å². The summed E-state index contributed by atoms with van der Waals surface area (Å²) in [6.45, 7) is 0.376. The standard InChI is InChI=1S/C21H22F4N2O3S/c1-26(14-15-5-7-18(22)8-6-15)20(28)16-9-11-27(12-10-16)31(29,30)19-4-2-3-17(13-19)21(23,24)25/h2-8,13,16H,9-12,14H2,1H3. The van der Waals surface area contributed by atoms with E-state index in [-0.39, 0.29) is 37.7 Å². The fourth-order valence-electron chi connectivity index (χ4n) is 3.58. The quantitative estimate of drug-likeness (QED) is 0.639. The maximum absolute atomic E-state index is 13.0. The van der Waals surface area contributed by atoms with Gasteiger partial charge in [-0.3, -0.25) is 4.79 Å². The Morgan fingerprint density at radius 3 is 2.29 bits per heavy atom. The minimum atomic E-state index is -4.64. The van der Waals surface area contributed by atoms with Crippen LogP contribution < -0.4 is 0 Å². The van der Waals surface area contributed by atoms with Crippen LogP contribution in [0.4, 0.5) is 17.6 Å². The van der Waals surface area contributed by atoms with E-state index in [2.05, 4.69) is 0 Å². The van der Waals surface area contributed by atoms with Gasteiger partial charge in [-0.1, -0.05) is 18.2 Å². The molecule has 10 heteroatoms. The lowest BCUT2D eigenvalue weighted by Crippen LogP contribution is -2.43. The molecule has 1 fully saturated rings. The van der Waals surface area contributed by atoms with Crippen LogP contribution in [0.2, 0.25) is 0 Å². The van der Waals surface area contributed by atoms with Crippen molar-refractivity contribution in [1.82, 2.24) is 9.21 Å². The SMILES string of the molecule is CN(Cc1ccc(F)cc1)C(=O)C1CCN(S(=O)(=O)c2cccc(C(F)(F)F)c2)CC1. The topological polar surface area (TPSA) is 57.7 Å². The Labute approximate surface area is 178 Å². The molecule has 1 heterocycles. The number of sulfonamides is 1. The van der Waals surface area contributed by atoms with Crippen molar-refractivity contribution in [2.75, 3.05) is 20.1 Å². The average Bonchev–Trinajstić information content (AvgIpc) is 2.74. The monoisotopic (exact) mass is 458 g/mol. The molecule has 1 saturated heterocycles.